The van der Waals surface area contributed by atoms with Crippen LogP contribution in [0.3, 0.4) is 0 Å². The summed E-state index contributed by atoms with van der Waals surface area (Å²) < 4.78 is 99.0. The first kappa shape index (κ1) is 22.3. The molecule has 2 aromatic carbocycles. The van der Waals surface area contributed by atoms with Crippen molar-refractivity contribution in [1.29, 1.82) is 0 Å². The van der Waals surface area contributed by atoms with E-state index in [0.717, 1.165) is 62.8 Å². The van der Waals surface area contributed by atoms with Crippen molar-refractivity contribution in [1.82, 2.24) is 0 Å². The van der Waals surface area contributed by atoms with Crippen molar-refractivity contribution in [3.05, 3.63) is 65.2 Å². The maximum atomic E-state index is 12.9. The third-order valence-corrected chi connectivity index (χ3v) is 5.97. The molecule has 154 valence electrons. The highest BCUT2D eigenvalue weighted by Gasteiger charge is 2.37. The van der Waals surface area contributed by atoms with Gasteiger partial charge in [-0.2, -0.15) is 26.3 Å². The van der Waals surface area contributed by atoms with Crippen LogP contribution in [-0.4, -0.2) is 14.2 Å². The van der Waals surface area contributed by atoms with Crippen molar-refractivity contribution in [2.75, 3.05) is 19.5 Å². The van der Waals surface area contributed by atoms with Crippen LogP contribution in [0.25, 0.3) is 0 Å². The molecule has 0 fully saturated rings. The Morgan fingerprint density at radius 1 is 0.786 bits per heavy atom. The first-order chi connectivity index (χ1) is 12.9. The number of anilines is 1. The van der Waals surface area contributed by atoms with Gasteiger partial charge in [0.1, 0.15) is 0 Å². The number of rotatable bonds is 6. The Bertz CT molecular complexity index is 826. The third-order valence-electron chi connectivity index (χ3n) is 3.89. The molecule has 0 spiro atoms. The Balaban J connectivity index is 2.39. The number of nitrogens with one attached hydrogen (secondary N) is 1. The molecule has 0 radical (unpaired) electrons. The Morgan fingerprint density at radius 2 is 1.18 bits per heavy atom. The average molecular weight is 427 g/mol. The van der Waals surface area contributed by atoms with Crippen molar-refractivity contribution in [2.45, 2.75) is 18.1 Å². The molecule has 0 saturated carbocycles. The third kappa shape index (κ3) is 5.06. The molecular formula is C17H16F6NO3P. The minimum absolute atomic E-state index is 0.139. The Labute approximate surface area is 157 Å². The smallest absolute Gasteiger partial charge is 0.368 e. The van der Waals surface area contributed by atoms with Gasteiger partial charge in [0.15, 0.2) is 5.78 Å². The minimum atomic E-state index is -4.55. The largest absolute Gasteiger partial charge is 0.416 e. The number of hydrogen-bond donors (Lipinski definition) is 1. The lowest BCUT2D eigenvalue weighted by Gasteiger charge is -2.27. The van der Waals surface area contributed by atoms with Crippen LogP contribution in [0.15, 0.2) is 48.5 Å². The predicted molar refractivity (Wildman–Crippen MR) is 90.9 cm³/mol. The molecule has 28 heavy (non-hydrogen) atoms. The normalized spacial score (nSPS) is 14.0. The van der Waals surface area contributed by atoms with Gasteiger partial charge in [0.25, 0.3) is 0 Å². The first-order valence-corrected chi connectivity index (χ1v) is 9.34. The van der Waals surface area contributed by atoms with Crippen LogP contribution in [0, 0.1) is 0 Å². The van der Waals surface area contributed by atoms with Crippen LogP contribution in [-0.2, 0) is 26.0 Å². The second-order valence-corrected chi connectivity index (χ2v) is 7.97. The van der Waals surface area contributed by atoms with Gasteiger partial charge in [-0.1, -0.05) is 12.1 Å². The molecule has 0 aromatic heterocycles. The molecule has 2 rings (SSSR count). The molecule has 0 amide bonds. The highest BCUT2D eigenvalue weighted by atomic mass is 31.2. The lowest BCUT2D eigenvalue weighted by Crippen LogP contribution is -2.14. The summed E-state index contributed by atoms with van der Waals surface area (Å²) in [5.74, 6) is -1.25. The SMILES string of the molecule is COP(=O)(OC)C(Nc1ccc(C(F)(F)F)cc1)c1ccc(C(F)(F)F)cc1. The number of halogens is 6. The summed E-state index contributed by atoms with van der Waals surface area (Å²) in [6, 6.07) is 7.63. The van der Waals surface area contributed by atoms with Crippen LogP contribution >= 0.6 is 7.60 Å². The van der Waals surface area contributed by atoms with Crippen LogP contribution < -0.4 is 5.32 Å². The highest BCUT2D eigenvalue weighted by Crippen LogP contribution is 2.59. The molecule has 1 N–H and O–H groups in total. The molecule has 0 aliphatic heterocycles. The summed E-state index contributed by atoms with van der Waals surface area (Å²) in [5, 5.41) is 2.71. The van der Waals surface area contributed by atoms with Crippen molar-refractivity contribution >= 4 is 13.3 Å². The highest BCUT2D eigenvalue weighted by molar-refractivity contribution is 7.54. The first-order valence-electron chi connectivity index (χ1n) is 7.73. The molecule has 1 atom stereocenters. The molecule has 1 unspecified atom stereocenters. The molecule has 4 nitrogen and oxygen atoms in total. The summed E-state index contributed by atoms with van der Waals surface area (Å²) in [6.45, 7) is 0. The lowest BCUT2D eigenvalue weighted by molar-refractivity contribution is -0.138. The maximum absolute atomic E-state index is 12.9. The van der Waals surface area contributed by atoms with Crippen molar-refractivity contribution in [3.8, 4) is 0 Å². The van der Waals surface area contributed by atoms with Gasteiger partial charge >= 0.3 is 19.9 Å². The van der Waals surface area contributed by atoms with E-state index in [4.69, 9.17) is 9.05 Å². The Hall–Kier alpha value is -2.03. The zero-order valence-electron chi connectivity index (χ0n) is 14.6. The number of hydrogen-bond acceptors (Lipinski definition) is 4. The number of alkyl halides is 6. The zero-order chi connectivity index (χ0) is 21.2. The standard InChI is InChI=1S/C17H16F6NO3P/c1-26-28(25,27-2)15(11-3-5-12(6-4-11)16(18,19)20)24-14-9-7-13(8-10-14)17(21,22)23/h3-10,15,24H,1-2H3. The van der Waals surface area contributed by atoms with Crippen LogP contribution in [0.1, 0.15) is 22.5 Å². The Morgan fingerprint density at radius 3 is 1.54 bits per heavy atom. The fourth-order valence-electron chi connectivity index (χ4n) is 2.40. The summed E-state index contributed by atoms with van der Waals surface area (Å²) >= 11 is 0. The average Bonchev–Trinajstić information content (AvgIpc) is 2.64. The van der Waals surface area contributed by atoms with Crippen LogP contribution in [0.5, 0.6) is 0 Å². The van der Waals surface area contributed by atoms with Crippen LogP contribution in [0.2, 0.25) is 0 Å². The molecule has 11 heteroatoms. The van der Waals surface area contributed by atoms with E-state index in [1.54, 1.807) is 0 Å². The quantitative estimate of drug-likeness (QED) is 0.433. The summed E-state index contributed by atoms with van der Waals surface area (Å²) in [7, 11) is -1.71. The molecular weight excluding hydrogens is 411 g/mol. The second kappa shape index (κ2) is 8.14. The summed E-state index contributed by atoms with van der Waals surface area (Å²) in [5.41, 5.74) is -1.51. The van der Waals surface area contributed by atoms with E-state index in [2.05, 4.69) is 5.32 Å². The van der Waals surface area contributed by atoms with E-state index < -0.39 is 36.9 Å². The van der Waals surface area contributed by atoms with Gasteiger partial charge in [0.05, 0.1) is 11.1 Å². The zero-order valence-corrected chi connectivity index (χ0v) is 15.5. The molecule has 0 aliphatic rings. The van der Waals surface area contributed by atoms with Crippen molar-refractivity contribution in [3.63, 3.8) is 0 Å². The van der Waals surface area contributed by atoms with E-state index in [1.165, 1.54) is 0 Å². The second-order valence-electron chi connectivity index (χ2n) is 5.65. The van der Waals surface area contributed by atoms with Crippen LogP contribution in [0.4, 0.5) is 32.0 Å². The minimum Gasteiger partial charge on any atom is -0.368 e. The molecule has 0 saturated heterocycles. The molecule has 2 aromatic rings. The van der Waals surface area contributed by atoms with Gasteiger partial charge in [0, 0.05) is 19.9 Å². The predicted octanol–water partition coefficient (Wildman–Crippen LogP) is 6.32. The summed E-state index contributed by atoms with van der Waals surface area (Å²) in [4.78, 5) is 0. The molecule has 0 aliphatic carbocycles. The van der Waals surface area contributed by atoms with Crippen molar-refractivity contribution in [2.24, 2.45) is 0 Å². The van der Waals surface area contributed by atoms with E-state index in [-0.39, 0.29) is 11.3 Å². The lowest BCUT2D eigenvalue weighted by atomic mass is 10.1. The van der Waals surface area contributed by atoms with Gasteiger partial charge < -0.3 is 14.4 Å². The van der Waals surface area contributed by atoms with Crippen molar-refractivity contribution < 1.29 is 40.0 Å². The van der Waals surface area contributed by atoms with Gasteiger partial charge in [-0.25, -0.2) is 0 Å². The molecule has 0 bridgehead atoms. The summed E-state index contributed by atoms with van der Waals surface area (Å²) in [6.07, 6.45) is -9.08. The fraction of sp³-hybridized carbons (Fsp3) is 0.294. The van der Waals surface area contributed by atoms with Gasteiger partial charge in [0.2, 0.25) is 0 Å². The monoisotopic (exact) mass is 427 g/mol. The van der Waals surface area contributed by atoms with E-state index >= 15 is 0 Å². The van der Waals surface area contributed by atoms with Gasteiger partial charge in [-0.3, -0.25) is 4.57 Å². The topological polar surface area (TPSA) is 47.6 Å². The number of benzene rings is 2. The maximum Gasteiger partial charge on any atom is 0.416 e. The van der Waals surface area contributed by atoms with Gasteiger partial charge in [-0.05, 0) is 42.0 Å². The van der Waals surface area contributed by atoms with E-state index in [1.807, 2.05) is 0 Å². The van der Waals surface area contributed by atoms with E-state index in [9.17, 15) is 30.9 Å². The Kier molecular flexibility index (Phi) is 6.48. The van der Waals surface area contributed by atoms with Gasteiger partial charge in [-0.15, -0.1) is 0 Å². The molecule has 0 heterocycles. The van der Waals surface area contributed by atoms with E-state index in [0.29, 0.717) is 0 Å². The fourth-order valence-corrected chi connectivity index (χ4v) is 3.81.